The summed E-state index contributed by atoms with van der Waals surface area (Å²) in [6.07, 6.45) is 0.868. The number of rotatable bonds is 6. The number of amides is 1. The molecule has 0 fully saturated rings. The number of benzene rings is 1. The van der Waals surface area contributed by atoms with Crippen molar-refractivity contribution in [3.8, 4) is 0 Å². The fourth-order valence-corrected chi connectivity index (χ4v) is 1.87. The van der Waals surface area contributed by atoms with E-state index in [4.69, 9.17) is 10.9 Å². The van der Waals surface area contributed by atoms with E-state index in [-0.39, 0.29) is 12.5 Å². The number of anilines is 1. The molecule has 1 amide bonds. The van der Waals surface area contributed by atoms with Gasteiger partial charge in [-0.15, -0.1) is 0 Å². The van der Waals surface area contributed by atoms with Gasteiger partial charge in [-0.05, 0) is 37.1 Å². The number of nitrogens with one attached hydrogen (secondary N) is 1. The number of aliphatic hydroxyl groups excluding tert-OH is 1. The summed E-state index contributed by atoms with van der Waals surface area (Å²) in [5, 5.41) is 8.99. The quantitative estimate of drug-likeness (QED) is 0.523. The van der Waals surface area contributed by atoms with Crippen LogP contribution in [-0.4, -0.2) is 35.6 Å². The Hall–Kier alpha value is -1.59. The van der Waals surface area contributed by atoms with E-state index in [1.54, 1.807) is 17.0 Å². The van der Waals surface area contributed by atoms with Gasteiger partial charge in [0.05, 0.1) is 6.61 Å². The Morgan fingerprint density at radius 2 is 2.17 bits per heavy atom. The number of carbonyl (C=O) groups excluding carboxylic acids is 1. The fourth-order valence-electron chi connectivity index (χ4n) is 1.87. The molecule has 5 nitrogen and oxygen atoms in total. The molecular weight excluding hydrogens is 230 g/mol. The molecule has 0 spiro atoms. The maximum atomic E-state index is 12.3. The minimum atomic E-state index is -0.0491. The zero-order valence-corrected chi connectivity index (χ0v) is 10.9. The molecule has 0 heterocycles. The average Bonchev–Trinajstić information content (AvgIpc) is 2.37. The number of hydrazine groups is 1. The van der Waals surface area contributed by atoms with Crippen LogP contribution in [0, 0.1) is 6.92 Å². The summed E-state index contributed by atoms with van der Waals surface area (Å²) in [5.41, 5.74) is 4.84. The van der Waals surface area contributed by atoms with Crippen LogP contribution in [0.4, 0.5) is 5.69 Å². The van der Waals surface area contributed by atoms with Crippen LogP contribution in [-0.2, 0) is 0 Å². The van der Waals surface area contributed by atoms with Crippen LogP contribution < -0.4 is 11.3 Å². The molecule has 4 N–H and O–H groups in total. The van der Waals surface area contributed by atoms with Gasteiger partial charge in [0.25, 0.3) is 5.91 Å². The van der Waals surface area contributed by atoms with Gasteiger partial charge in [-0.2, -0.15) is 0 Å². The van der Waals surface area contributed by atoms with E-state index in [0.717, 1.165) is 17.7 Å². The van der Waals surface area contributed by atoms with Crippen LogP contribution >= 0.6 is 0 Å². The van der Waals surface area contributed by atoms with Gasteiger partial charge in [0.15, 0.2) is 0 Å². The zero-order chi connectivity index (χ0) is 13.5. The van der Waals surface area contributed by atoms with E-state index in [1.165, 1.54) is 0 Å². The van der Waals surface area contributed by atoms with E-state index in [0.29, 0.717) is 18.7 Å². The number of carbonyl (C=O) groups is 1. The summed E-state index contributed by atoms with van der Waals surface area (Å²) in [7, 11) is 0. The predicted molar refractivity (Wildman–Crippen MR) is 72.3 cm³/mol. The van der Waals surface area contributed by atoms with E-state index < -0.39 is 0 Å². The number of hydrogen-bond acceptors (Lipinski definition) is 4. The molecular formula is C13H21N3O2. The van der Waals surface area contributed by atoms with E-state index >= 15 is 0 Å². The molecule has 100 valence electrons. The lowest BCUT2D eigenvalue weighted by Gasteiger charge is -2.22. The Kier molecular flexibility index (Phi) is 5.61. The summed E-state index contributed by atoms with van der Waals surface area (Å²) >= 11 is 0. The summed E-state index contributed by atoms with van der Waals surface area (Å²) in [6.45, 7) is 4.87. The van der Waals surface area contributed by atoms with Crippen molar-refractivity contribution in [2.75, 3.05) is 25.1 Å². The van der Waals surface area contributed by atoms with Crippen molar-refractivity contribution in [2.45, 2.75) is 20.3 Å². The first-order chi connectivity index (χ1) is 8.63. The van der Waals surface area contributed by atoms with Crippen molar-refractivity contribution in [2.24, 2.45) is 5.84 Å². The van der Waals surface area contributed by atoms with Gasteiger partial charge < -0.3 is 15.4 Å². The Balaban J connectivity index is 2.93. The van der Waals surface area contributed by atoms with Gasteiger partial charge in [0.2, 0.25) is 0 Å². The van der Waals surface area contributed by atoms with Gasteiger partial charge >= 0.3 is 0 Å². The third-order valence-corrected chi connectivity index (χ3v) is 2.77. The van der Waals surface area contributed by atoms with Crippen molar-refractivity contribution < 1.29 is 9.90 Å². The maximum absolute atomic E-state index is 12.3. The highest BCUT2D eigenvalue weighted by atomic mass is 16.3. The largest absolute Gasteiger partial charge is 0.395 e. The van der Waals surface area contributed by atoms with Gasteiger partial charge in [-0.1, -0.05) is 6.92 Å². The minimum Gasteiger partial charge on any atom is -0.395 e. The third kappa shape index (κ3) is 3.45. The second-order valence-electron chi connectivity index (χ2n) is 4.19. The first-order valence-electron chi connectivity index (χ1n) is 6.11. The van der Waals surface area contributed by atoms with E-state index in [2.05, 4.69) is 5.43 Å². The highest BCUT2D eigenvalue weighted by molar-refractivity contribution is 5.96. The lowest BCUT2D eigenvalue weighted by atomic mass is 10.1. The van der Waals surface area contributed by atoms with Crippen LogP contribution in [0.1, 0.15) is 29.3 Å². The number of aliphatic hydroxyl groups is 1. The first kappa shape index (κ1) is 14.5. The highest BCUT2D eigenvalue weighted by Gasteiger charge is 2.16. The number of hydrogen-bond donors (Lipinski definition) is 3. The van der Waals surface area contributed by atoms with Gasteiger partial charge in [0.1, 0.15) is 0 Å². The molecule has 18 heavy (non-hydrogen) atoms. The molecule has 0 unspecified atom stereocenters. The van der Waals surface area contributed by atoms with Crippen LogP contribution in [0.3, 0.4) is 0 Å². The summed E-state index contributed by atoms with van der Waals surface area (Å²) in [6, 6.07) is 5.35. The van der Waals surface area contributed by atoms with E-state index in [1.807, 2.05) is 19.9 Å². The number of nitrogens with zero attached hydrogens (tertiary/aromatic N) is 1. The molecule has 1 aromatic rings. The monoisotopic (exact) mass is 251 g/mol. The lowest BCUT2D eigenvalue weighted by Crippen LogP contribution is -2.34. The van der Waals surface area contributed by atoms with Crippen molar-refractivity contribution in [1.29, 1.82) is 0 Å². The normalized spacial score (nSPS) is 10.2. The van der Waals surface area contributed by atoms with Crippen molar-refractivity contribution in [1.82, 2.24) is 4.90 Å². The molecule has 5 heteroatoms. The predicted octanol–water partition coefficient (Wildman–Crippen LogP) is 1.13. The third-order valence-electron chi connectivity index (χ3n) is 2.77. The molecule has 1 rings (SSSR count). The Morgan fingerprint density at radius 1 is 1.44 bits per heavy atom. The number of nitrogens with two attached hydrogens (primary N) is 1. The Bertz CT molecular complexity index is 401. The van der Waals surface area contributed by atoms with Crippen molar-refractivity contribution in [3.63, 3.8) is 0 Å². The molecule has 0 aliphatic carbocycles. The Labute approximate surface area is 108 Å². The molecule has 0 aromatic heterocycles. The molecule has 0 radical (unpaired) electrons. The smallest absolute Gasteiger partial charge is 0.254 e. The topological polar surface area (TPSA) is 78.6 Å². The molecule has 0 aliphatic heterocycles. The summed E-state index contributed by atoms with van der Waals surface area (Å²) in [4.78, 5) is 14.0. The second kappa shape index (κ2) is 6.98. The molecule has 0 saturated heterocycles. The zero-order valence-electron chi connectivity index (χ0n) is 10.9. The lowest BCUT2D eigenvalue weighted by molar-refractivity contribution is 0.0721. The highest BCUT2D eigenvalue weighted by Crippen LogP contribution is 2.16. The van der Waals surface area contributed by atoms with Crippen LogP contribution in [0.25, 0.3) is 0 Å². The SMILES string of the molecule is CCCN(CCO)C(=O)c1ccc(NN)cc1C. The van der Waals surface area contributed by atoms with Gasteiger partial charge in [-0.25, -0.2) is 0 Å². The minimum absolute atomic E-state index is 0.0206. The number of aryl methyl sites for hydroxylation is 1. The Morgan fingerprint density at radius 3 is 2.67 bits per heavy atom. The summed E-state index contributed by atoms with van der Waals surface area (Å²) < 4.78 is 0. The number of nitrogen functional groups attached to an aromatic ring is 1. The van der Waals surface area contributed by atoms with Crippen LogP contribution in [0.5, 0.6) is 0 Å². The van der Waals surface area contributed by atoms with Crippen molar-refractivity contribution in [3.05, 3.63) is 29.3 Å². The summed E-state index contributed by atoms with van der Waals surface area (Å²) in [5.74, 6) is 5.27. The second-order valence-corrected chi connectivity index (χ2v) is 4.19. The first-order valence-corrected chi connectivity index (χ1v) is 6.11. The average molecular weight is 251 g/mol. The molecule has 0 atom stereocenters. The van der Waals surface area contributed by atoms with E-state index in [9.17, 15) is 4.79 Å². The van der Waals surface area contributed by atoms with Gasteiger partial charge in [0, 0.05) is 24.3 Å². The van der Waals surface area contributed by atoms with Crippen LogP contribution in [0.15, 0.2) is 18.2 Å². The maximum Gasteiger partial charge on any atom is 0.254 e. The molecule has 0 saturated carbocycles. The van der Waals surface area contributed by atoms with Crippen LogP contribution in [0.2, 0.25) is 0 Å². The van der Waals surface area contributed by atoms with Crippen molar-refractivity contribution >= 4 is 11.6 Å². The molecule has 0 aliphatic rings. The fraction of sp³-hybridized carbons (Fsp3) is 0.462. The standard InChI is InChI=1S/C13H21N3O2/c1-3-6-16(7-8-17)13(18)12-5-4-11(15-14)9-10(12)2/h4-5,9,15,17H,3,6-8,14H2,1-2H3. The molecule has 1 aromatic carbocycles. The molecule has 0 bridgehead atoms. The van der Waals surface area contributed by atoms with Gasteiger partial charge in [-0.3, -0.25) is 10.6 Å².